The molecule has 0 N–H and O–H groups in total. The van der Waals surface area contributed by atoms with E-state index in [0.29, 0.717) is 0 Å². The van der Waals surface area contributed by atoms with Crippen molar-refractivity contribution in [1.29, 1.82) is 0 Å². The first-order chi connectivity index (χ1) is 8.26. The molecule has 1 aromatic heterocycles. The highest BCUT2D eigenvalue weighted by Gasteiger charge is 2.15. The van der Waals surface area contributed by atoms with Crippen LogP contribution < -0.4 is 0 Å². The standard InChI is InChI=1S/C15H26N2/c1-4-16(5-2)11-9-15-13(3)12-14-8-6-7-10-17(14)15/h12H,4-11H2,1-3H3. The molecule has 2 heterocycles. The Balaban J connectivity index is 2.07. The predicted molar refractivity (Wildman–Crippen MR) is 73.6 cm³/mol. The molecule has 2 nitrogen and oxygen atoms in total. The number of hydrogen-bond donors (Lipinski definition) is 0. The minimum Gasteiger partial charge on any atom is -0.348 e. The highest BCUT2D eigenvalue weighted by Crippen LogP contribution is 2.23. The van der Waals surface area contributed by atoms with Crippen LogP contribution >= 0.6 is 0 Å². The lowest BCUT2D eigenvalue weighted by atomic mass is 10.1. The Morgan fingerprint density at radius 1 is 1.24 bits per heavy atom. The molecule has 0 fully saturated rings. The van der Waals surface area contributed by atoms with Gasteiger partial charge in [0.05, 0.1) is 0 Å². The molecule has 96 valence electrons. The van der Waals surface area contributed by atoms with Crippen molar-refractivity contribution in [3.8, 4) is 0 Å². The van der Waals surface area contributed by atoms with Crippen molar-refractivity contribution in [2.45, 2.75) is 53.0 Å². The van der Waals surface area contributed by atoms with Gasteiger partial charge >= 0.3 is 0 Å². The molecule has 1 aromatic rings. The van der Waals surface area contributed by atoms with Crippen LogP contribution in [0, 0.1) is 6.92 Å². The molecule has 0 unspecified atom stereocenters. The van der Waals surface area contributed by atoms with Gasteiger partial charge in [0.1, 0.15) is 0 Å². The number of aromatic nitrogens is 1. The topological polar surface area (TPSA) is 8.17 Å². The van der Waals surface area contributed by atoms with Gasteiger partial charge in [0.25, 0.3) is 0 Å². The highest BCUT2D eigenvalue weighted by atomic mass is 15.1. The summed E-state index contributed by atoms with van der Waals surface area (Å²) in [4.78, 5) is 2.52. The van der Waals surface area contributed by atoms with E-state index in [1.807, 2.05) is 0 Å². The Morgan fingerprint density at radius 2 is 2.00 bits per heavy atom. The molecular weight excluding hydrogens is 208 g/mol. The molecule has 0 bridgehead atoms. The van der Waals surface area contributed by atoms with Crippen molar-refractivity contribution in [2.24, 2.45) is 0 Å². The SMILES string of the molecule is CCN(CC)CCc1c(C)cc2n1CCCC2. The second-order valence-corrected chi connectivity index (χ2v) is 5.15. The van der Waals surface area contributed by atoms with Gasteiger partial charge in [0.15, 0.2) is 0 Å². The molecule has 1 aliphatic heterocycles. The van der Waals surface area contributed by atoms with E-state index in [1.54, 1.807) is 11.4 Å². The van der Waals surface area contributed by atoms with Crippen LogP contribution in [-0.2, 0) is 19.4 Å². The average Bonchev–Trinajstić information content (AvgIpc) is 2.67. The molecule has 0 aromatic carbocycles. The molecule has 17 heavy (non-hydrogen) atoms. The second-order valence-electron chi connectivity index (χ2n) is 5.15. The maximum atomic E-state index is 2.59. The van der Waals surface area contributed by atoms with E-state index in [-0.39, 0.29) is 0 Å². The Bertz CT molecular complexity index is 361. The third-order valence-electron chi connectivity index (χ3n) is 4.13. The number of fused-ring (bicyclic) bond motifs is 1. The van der Waals surface area contributed by atoms with E-state index >= 15 is 0 Å². The molecule has 0 amide bonds. The van der Waals surface area contributed by atoms with Crippen LogP contribution in [0.25, 0.3) is 0 Å². The Morgan fingerprint density at radius 3 is 2.71 bits per heavy atom. The van der Waals surface area contributed by atoms with Crippen LogP contribution in [0.3, 0.4) is 0 Å². The molecular formula is C15H26N2. The van der Waals surface area contributed by atoms with Crippen LogP contribution in [0.5, 0.6) is 0 Å². The van der Waals surface area contributed by atoms with Crippen LogP contribution in [-0.4, -0.2) is 29.1 Å². The lowest BCUT2D eigenvalue weighted by molar-refractivity contribution is 0.304. The minimum atomic E-state index is 1.17. The number of rotatable bonds is 5. The monoisotopic (exact) mass is 234 g/mol. The lowest BCUT2D eigenvalue weighted by Crippen LogP contribution is -2.26. The third-order valence-corrected chi connectivity index (χ3v) is 4.13. The van der Waals surface area contributed by atoms with Crippen molar-refractivity contribution < 1.29 is 0 Å². The number of aryl methyl sites for hydroxylation is 2. The molecule has 2 heteroatoms. The summed E-state index contributed by atoms with van der Waals surface area (Å²) >= 11 is 0. The van der Waals surface area contributed by atoms with Gasteiger partial charge in [-0.3, -0.25) is 0 Å². The van der Waals surface area contributed by atoms with Crippen LogP contribution in [0.15, 0.2) is 6.07 Å². The summed E-state index contributed by atoms with van der Waals surface area (Å²) < 4.78 is 2.59. The summed E-state index contributed by atoms with van der Waals surface area (Å²) in [6.45, 7) is 11.6. The van der Waals surface area contributed by atoms with Crippen LogP contribution in [0.1, 0.15) is 43.6 Å². The van der Waals surface area contributed by atoms with Gasteiger partial charge in [-0.05, 0) is 50.9 Å². The summed E-state index contributed by atoms with van der Waals surface area (Å²) in [5.74, 6) is 0. The fourth-order valence-electron chi connectivity index (χ4n) is 3.00. The average molecular weight is 234 g/mol. The van der Waals surface area contributed by atoms with E-state index in [1.165, 1.54) is 57.4 Å². The van der Waals surface area contributed by atoms with Gasteiger partial charge in [-0.15, -0.1) is 0 Å². The Kier molecular flexibility index (Phi) is 4.27. The summed E-state index contributed by atoms with van der Waals surface area (Å²) in [6.07, 6.45) is 5.23. The van der Waals surface area contributed by atoms with E-state index in [4.69, 9.17) is 0 Å². The predicted octanol–water partition coefficient (Wildman–Crippen LogP) is 3.02. The fraction of sp³-hybridized carbons (Fsp3) is 0.733. The molecule has 0 radical (unpaired) electrons. The highest BCUT2D eigenvalue weighted by molar-refractivity contribution is 5.28. The zero-order chi connectivity index (χ0) is 12.3. The van der Waals surface area contributed by atoms with E-state index < -0.39 is 0 Å². The van der Waals surface area contributed by atoms with Gasteiger partial charge < -0.3 is 9.47 Å². The van der Waals surface area contributed by atoms with Crippen LogP contribution in [0.2, 0.25) is 0 Å². The molecule has 0 saturated carbocycles. The Labute approximate surface area is 106 Å². The summed E-state index contributed by atoms with van der Waals surface area (Å²) in [6, 6.07) is 2.41. The van der Waals surface area contributed by atoms with E-state index in [0.717, 1.165) is 0 Å². The molecule has 2 rings (SSSR count). The van der Waals surface area contributed by atoms with Crippen molar-refractivity contribution >= 4 is 0 Å². The normalized spacial score (nSPS) is 15.3. The first kappa shape index (κ1) is 12.7. The number of nitrogens with zero attached hydrogens (tertiary/aromatic N) is 2. The smallest absolute Gasteiger partial charge is 0.0225 e. The van der Waals surface area contributed by atoms with Crippen LogP contribution in [0.4, 0.5) is 0 Å². The quantitative estimate of drug-likeness (QED) is 0.760. The minimum absolute atomic E-state index is 1.17. The first-order valence-corrected chi connectivity index (χ1v) is 7.16. The summed E-state index contributed by atoms with van der Waals surface area (Å²) in [5.41, 5.74) is 4.67. The third kappa shape index (κ3) is 2.74. The lowest BCUT2D eigenvalue weighted by Gasteiger charge is -2.21. The molecule has 0 atom stereocenters. The first-order valence-electron chi connectivity index (χ1n) is 7.16. The van der Waals surface area contributed by atoms with Gasteiger partial charge in [-0.25, -0.2) is 0 Å². The van der Waals surface area contributed by atoms with Gasteiger partial charge in [-0.1, -0.05) is 13.8 Å². The maximum absolute atomic E-state index is 2.59. The summed E-state index contributed by atoms with van der Waals surface area (Å²) in [5, 5.41) is 0. The second kappa shape index (κ2) is 5.72. The van der Waals surface area contributed by atoms with Gasteiger partial charge in [0.2, 0.25) is 0 Å². The number of hydrogen-bond acceptors (Lipinski definition) is 1. The van der Waals surface area contributed by atoms with Crippen molar-refractivity contribution in [3.05, 3.63) is 23.0 Å². The van der Waals surface area contributed by atoms with Crippen molar-refractivity contribution in [3.63, 3.8) is 0 Å². The van der Waals surface area contributed by atoms with E-state index in [9.17, 15) is 0 Å². The molecule has 0 aliphatic carbocycles. The van der Waals surface area contributed by atoms with Crippen molar-refractivity contribution in [2.75, 3.05) is 19.6 Å². The zero-order valence-electron chi connectivity index (χ0n) is 11.6. The largest absolute Gasteiger partial charge is 0.348 e. The fourth-order valence-corrected chi connectivity index (χ4v) is 3.00. The van der Waals surface area contributed by atoms with Gasteiger partial charge in [-0.2, -0.15) is 0 Å². The summed E-state index contributed by atoms with van der Waals surface area (Å²) in [7, 11) is 0. The molecule has 0 saturated heterocycles. The van der Waals surface area contributed by atoms with Crippen molar-refractivity contribution in [1.82, 2.24) is 9.47 Å². The Hall–Kier alpha value is -0.760. The maximum Gasteiger partial charge on any atom is 0.0225 e. The molecule has 1 aliphatic rings. The number of likely N-dealkylation sites (N-methyl/N-ethyl adjacent to an activating group) is 1. The molecule has 0 spiro atoms. The zero-order valence-corrected chi connectivity index (χ0v) is 11.6. The van der Waals surface area contributed by atoms with E-state index in [2.05, 4.69) is 36.3 Å². The van der Waals surface area contributed by atoms with Gasteiger partial charge in [0, 0.05) is 30.9 Å².